The van der Waals surface area contributed by atoms with Crippen molar-refractivity contribution in [3.8, 4) is 0 Å². The van der Waals surface area contributed by atoms with Gasteiger partial charge < -0.3 is 24.6 Å². The average molecular weight is 431 g/mol. The van der Waals surface area contributed by atoms with Crippen molar-refractivity contribution in [1.82, 2.24) is 9.80 Å². The van der Waals surface area contributed by atoms with Gasteiger partial charge in [-0.05, 0) is 69.1 Å². The highest BCUT2D eigenvalue weighted by molar-refractivity contribution is 5.91. The Morgan fingerprint density at radius 1 is 0.839 bits per heavy atom. The van der Waals surface area contributed by atoms with Gasteiger partial charge in [0.2, 0.25) is 5.91 Å². The van der Waals surface area contributed by atoms with Gasteiger partial charge in [0.1, 0.15) is 0 Å². The van der Waals surface area contributed by atoms with E-state index in [2.05, 4.69) is 32.1 Å². The number of piperidine rings is 1. The summed E-state index contributed by atoms with van der Waals surface area (Å²) in [7, 11) is 0. The number of benzene rings is 1. The minimum atomic E-state index is 0.105. The molecule has 0 unspecified atom stereocenters. The van der Waals surface area contributed by atoms with Gasteiger partial charge in [0.05, 0.1) is 26.4 Å². The fourth-order valence-corrected chi connectivity index (χ4v) is 4.75. The predicted octanol–water partition coefficient (Wildman–Crippen LogP) is 2.29. The van der Waals surface area contributed by atoms with Gasteiger partial charge in [0, 0.05) is 50.5 Å². The van der Waals surface area contributed by atoms with Gasteiger partial charge in [0.15, 0.2) is 0 Å². The molecule has 0 spiro atoms. The second kappa shape index (κ2) is 11.8. The number of amides is 1. The van der Waals surface area contributed by atoms with E-state index < -0.39 is 0 Å². The summed E-state index contributed by atoms with van der Waals surface area (Å²) in [4.78, 5) is 19.7. The van der Waals surface area contributed by atoms with Gasteiger partial charge in [0.25, 0.3) is 0 Å². The fraction of sp³-hybridized carbons (Fsp3) is 0.708. The molecule has 7 nitrogen and oxygen atoms in total. The Morgan fingerprint density at radius 3 is 2.13 bits per heavy atom. The fourth-order valence-electron chi connectivity index (χ4n) is 4.75. The summed E-state index contributed by atoms with van der Waals surface area (Å²) in [5.41, 5.74) is 2.07. The van der Waals surface area contributed by atoms with E-state index in [1.165, 1.54) is 31.5 Å². The van der Waals surface area contributed by atoms with E-state index in [-0.39, 0.29) is 5.91 Å². The first-order valence-electron chi connectivity index (χ1n) is 12.0. The molecular weight excluding hydrogens is 392 g/mol. The third-order valence-electron chi connectivity index (χ3n) is 6.85. The zero-order valence-electron chi connectivity index (χ0n) is 18.8. The minimum absolute atomic E-state index is 0.105. The largest absolute Gasteiger partial charge is 0.379 e. The standard InChI is InChI=1S/C24H38N4O3/c29-24(25-22-1-3-23(4-2-22)28-15-19-31-20-16-28)8-12-26-9-5-21(6-10-26)7-11-27-13-17-30-18-14-27/h1-4,21H,5-20H2,(H,25,29). The summed E-state index contributed by atoms with van der Waals surface area (Å²) < 4.78 is 10.8. The molecule has 0 bridgehead atoms. The molecule has 31 heavy (non-hydrogen) atoms. The third kappa shape index (κ3) is 7.17. The lowest BCUT2D eigenvalue weighted by molar-refractivity contribution is -0.116. The van der Waals surface area contributed by atoms with Gasteiger partial charge >= 0.3 is 0 Å². The summed E-state index contributed by atoms with van der Waals surface area (Å²) in [5.74, 6) is 0.937. The monoisotopic (exact) mass is 430 g/mol. The maximum absolute atomic E-state index is 12.4. The number of morpholine rings is 2. The van der Waals surface area contributed by atoms with Crippen LogP contribution in [0.3, 0.4) is 0 Å². The number of carbonyl (C=O) groups is 1. The second-order valence-electron chi connectivity index (χ2n) is 8.97. The lowest BCUT2D eigenvalue weighted by Gasteiger charge is -2.33. The second-order valence-corrected chi connectivity index (χ2v) is 8.97. The molecule has 1 aromatic carbocycles. The summed E-state index contributed by atoms with van der Waals surface area (Å²) in [6.07, 6.45) is 4.38. The number of ether oxygens (including phenoxy) is 2. The molecule has 0 saturated carbocycles. The molecule has 1 amide bonds. The van der Waals surface area contributed by atoms with Gasteiger partial charge in [-0.1, -0.05) is 0 Å². The molecule has 1 N–H and O–H groups in total. The number of nitrogens with zero attached hydrogens (tertiary/aromatic N) is 3. The molecule has 3 aliphatic rings. The summed E-state index contributed by atoms with van der Waals surface area (Å²) in [5, 5.41) is 3.05. The Hall–Kier alpha value is -1.67. The number of nitrogens with one attached hydrogen (secondary N) is 1. The molecule has 3 fully saturated rings. The van der Waals surface area contributed by atoms with Crippen molar-refractivity contribution >= 4 is 17.3 Å². The number of hydrogen-bond donors (Lipinski definition) is 1. The highest BCUT2D eigenvalue weighted by atomic mass is 16.5. The molecule has 172 valence electrons. The summed E-state index contributed by atoms with van der Waals surface area (Å²) in [6, 6.07) is 8.18. The van der Waals surface area contributed by atoms with Gasteiger partial charge in [-0.25, -0.2) is 0 Å². The lowest BCUT2D eigenvalue weighted by atomic mass is 9.93. The van der Waals surface area contributed by atoms with Crippen LogP contribution in [0.1, 0.15) is 25.7 Å². The first kappa shape index (κ1) is 22.5. The first-order chi connectivity index (χ1) is 15.3. The highest BCUT2D eigenvalue weighted by Gasteiger charge is 2.21. The van der Waals surface area contributed by atoms with Crippen LogP contribution in [0.15, 0.2) is 24.3 Å². The van der Waals surface area contributed by atoms with Crippen molar-refractivity contribution < 1.29 is 14.3 Å². The van der Waals surface area contributed by atoms with Crippen molar-refractivity contribution in [3.63, 3.8) is 0 Å². The highest BCUT2D eigenvalue weighted by Crippen LogP contribution is 2.22. The topological polar surface area (TPSA) is 57.3 Å². The van der Waals surface area contributed by atoms with Crippen molar-refractivity contribution in [2.24, 2.45) is 5.92 Å². The minimum Gasteiger partial charge on any atom is -0.379 e. The van der Waals surface area contributed by atoms with Crippen LogP contribution in [0.4, 0.5) is 11.4 Å². The molecule has 0 atom stereocenters. The van der Waals surface area contributed by atoms with E-state index in [9.17, 15) is 4.79 Å². The van der Waals surface area contributed by atoms with Gasteiger partial charge in [-0.15, -0.1) is 0 Å². The van der Waals surface area contributed by atoms with Crippen LogP contribution >= 0.6 is 0 Å². The molecule has 3 saturated heterocycles. The number of likely N-dealkylation sites (tertiary alicyclic amines) is 1. The van der Waals surface area contributed by atoms with E-state index in [0.717, 1.165) is 83.8 Å². The summed E-state index contributed by atoms with van der Waals surface area (Å²) >= 11 is 0. The SMILES string of the molecule is O=C(CCN1CCC(CCN2CCOCC2)CC1)Nc1ccc(N2CCOCC2)cc1. The van der Waals surface area contributed by atoms with Crippen LogP contribution in [0.5, 0.6) is 0 Å². The molecule has 4 rings (SSSR count). The third-order valence-corrected chi connectivity index (χ3v) is 6.85. The van der Waals surface area contributed by atoms with E-state index in [1.807, 2.05) is 12.1 Å². The van der Waals surface area contributed by atoms with E-state index >= 15 is 0 Å². The van der Waals surface area contributed by atoms with Crippen LogP contribution in [0, 0.1) is 5.92 Å². The first-order valence-corrected chi connectivity index (χ1v) is 12.0. The van der Waals surface area contributed by atoms with E-state index in [0.29, 0.717) is 6.42 Å². The van der Waals surface area contributed by atoms with Crippen molar-refractivity contribution in [2.75, 3.05) is 89.0 Å². The Bertz CT molecular complexity index is 664. The number of hydrogen-bond acceptors (Lipinski definition) is 6. The maximum Gasteiger partial charge on any atom is 0.225 e. The molecule has 0 aromatic heterocycles. The number of rotatable bonds is 8. The predicted molar refractivity (Wildman–Crippen MR) is 124 cm³/mol. The molecule has 3 aliphatic heterocycles. The molecule has 1 aromatic rings. The lowest BCUT2D eigenvalue weighted by Crippen LogP contribution is -2.39. The van der Waals surface area contributed by atoms with Crippen LogP contribution in [0.2, 0.25) is 0 Å². The number of carbonyl (C=O) groups excluding carboxylic acids is 1. The summed E-state index contributed by atoms with van der Waals surface area (Å²) in [6.45, 7) is 11.7. The quantitative estimate of drug-likeness (QED) is 0.683. The Kier molecular flexibility index (Phi) is 8.58. The molecular formula is C24H38N4O3. The molecule has 3 heterocycles. The Morgan fingerprint density at radius 2 is 1.45 bits per heavy atom. The Balaban J connectivity index is 1.10. The normalized spacial score (nSPS) is 21.9. The number of anilines is 2. The van der Waals surface area contributed by atoms with E-state index in [1.54, 1.807) is 0 Å². The average Bonchev–Trinajstić information content (AvgIpc) is 2.84. The zero-order chi connectivity index (χ0) is 21.3. The van der Waals surface area contributed by atoms with Gasteiger partial charge in [-0.2, -0.15) is 0 Å². The zero-order valence-corrected chi connectivity index (χ0v) is 18.8. The van der Waals surface area contributed by atoms with Crippen molar-refractivity contribution in [1.29, 1.82) is 0 Å². The smallest absolute Gasteiger partial charge is 0.225 e. The van der Waals surface area contributed by atoms with Crippen molar-refractivity contribution in [3.05, 3.63) is 24.3 Å². The maximum atomic E-state index is 12.4. The van der Waals surface area contributed by atoms with Crippen LogP contribution in [-0.2, 0) is 14.3 Å². The van der Waals surface area contributed by atoms with Gasteiger partial charge in [-0.3, -0.25) is 9.69 Å². The van der Waals surface area contributed by atoms with Crippen molar-refractivity contribution in [2.45, 2.75) is 25.7 Å². The van der Waals surface area contributed by atoms with Crippen LogP contribution < -0.4 is 10.2 Å². The molecule has 0 radical (unpaired) electrons. The Labute approximate surface area is 186 Å². The van der Waals surface area contributed by atoms with Crippen LogP contribution in [0.25, 0.3) is 0 Å². The van der Waals surface area contributed by atoms with E-state index in [4.69, 9.17) is 9.47 Å². The molecule has 7 heteroatoms. The molecule has 0 aliphatic carbocycles. The van der Waals surface area contributed by atoms with Crippen LogP contribution in [-0.4, -0.2) is 94.5 Å².